The molecular weight excluding hydrogens is 492 g/mol. The van der Waals surface area contributed by atoms with Crippen molar-refractivity contribution in [1.29, 1.82) is 0 Å². The summed E-state index contributed by atoms with van der Waals surface area (Å²) in [7, 11) is 0. The maximum Gasteiger partial charge on any atom is 0.0935 e. The van der Waals surface area contributed by atoms with E-state index in [1.807, 2.05) is 48.5 Å². The van der Waals surface area contributed by atoms with Gasteiger partial charge in [-0.15, -0.1) is 0 Å². The molecule has 1 saturated heterocycles. The minimum absolute atomic E-state index is 0.0802. The molecule has 0 amide bonds. The van der Waals surface area contributed by atoms with Crippen molar-refractivity contribution in [3.8, 4) is 0 Å². The van der Waals surface area contributed by atoms with Gasteiger partial charge in [0.1, 0.15) is 0 Å². The number of nitrogens with zero attached hydrogens (tertiary/aromatic N) is 2. The first kappa shape index (κ1) is 33.4. The molecule has 2 aromatic rings. The summed E-state index contributed by atoms with van der Waals surface area (Å²) >= 11 is 0. The summed E-state index contributed by atoms with van der Waals surface area (Å²) in [5, 5.41) is 19.1. The van der Waals surface area contributed by atoms with Crippen LogP contribution in [-0.2, 0) is 27.4 Å². The number of ether oxygens (including phenoxy) is 3. The lowest BCUT2D eigenvalue weighted by atomic mass is 10.0. The molecule has 7 nitrogen and oxygen atoms in total. The van der Waals surface area contributed by atoms with E-state index in [-0.39, 0.29) is 23.8 Å². The molecule has 3 rings (SSSR count). The van der Waals surface area contributed by atoms with Crippen LogP contribution in [0.4, 0.5) is 0 Å². The maximum atomic E-state index is 10.0. The fraction of sp³-hybridized carbons (Fsp3) is 0.625. The zero-order chi connectivity index (χ0) is 28.7. The summed E-state index contributed by atoms with van der Waals surface area (Å²) < 4.78 is 17.1. The van der Waals surface area contributed by atoms with Gasteiger partial charge in [-0.3, -0.25) is 9.80 Å². The second-order valence-corrected chi connectivity index (χ2v) is 12.1. The number of aliphatic hydroxyl groups is 2. The van der Waals surface area contributed by atoms with E-state index >= 15 is 0 Å². The Morgan fingerprint density at radius 1 is 0.923 bits per heavy atom. The van der Waals surface area contributed by atoms with Gasteiger partial charge in [-0.25, -0.2) is 0 Å². The van der Waals surface area contributed by atoms with Crippen molar-refractivity contribution in [2.45, 2.75) is 78.0 Å². The van der Waals surface area contributed by atoms with Gasteiger partial charge < -0.3 is 24.4 Å². The lowest BCUT2D eigenvalue weighted by molar-refractivity contribution is -0.0915. The van der Waals surface area contributed by atoms with Gasteiger partial charge in [-0.2, -0.15) is 0 Å². The van der Waals surface area contributed by atoms with E-state index in [0.717, 1.165) is 25.3 Å². The normalized spacial score (nSPS) is 17.5. The number of β-amino-alcohol motifs (C(OH)–C–C–N with tert-alkyl or cyclic N) is 2. The van der Waals surface area contributed by atoms with Gasteiger partial charge >= 0.3 is 0 Å². The highest BCUT2D eigenvalue weighted by molar-refractivity contribution is 5.14. The highest BCUT2D eigenvalue weighted by atomic mass is 16.5. The third kappa shape index (κ3) is 13.9. The summed E-state index contributed by atoms with van der Waals surface area (Å²) in [6.45, 7) is 19.0. The molecule has 0 spiro atoms. The molecule has 2 atom stereocenters. The van der Waals surface area contributed by atoms with Gasteiger partial charge in [-0.05, 0) is 52.7 Å². The molecule has 2 unspecified atom stereocenters. The molecule has 220 valence electrons. The molecule has 0 bridgehead atoms. The Labute approximate surface area is 236 Å². The Morgan fingerprint density at radius 2 is 1.49 bits per heavy atom. The second-order valence-electron chi connectivity index (χ2n) is 12.1. The Bertz CT molecular complexity index is 883. The SMILES string of the molecule is CC(C)(C)N(CCO)CC(O)COCc1ccccc1.CC(C)(C)N1CCOC(COCc2ccccc2)C1. The van der Waals surface area contributed by atoms with Crippen molar-refractivity contribution in [3.63, 3.8) is 0 Å². The Kier molecular flexibility index (Phi) is 14.6. The van der Waals surface area contributed by atoms with Crippen LogP contribution in [0.5, 0.6) is 0 Å². The number of aliphatic hydroxyl groups excluding tert-OH is 2. The summed E-state index contributed by atoms with van der Waals surface area (Å²) in [5.74, 6) is 0. The second kappa shape index (κ2) is 17.1. The first-order chi connectivity index (χ1) is 18.5. The largest absolute Gasteiger partial charge is 0.395 e. The molecule has 1 heterocycles. The molecule has 1 aliphatic rings. The minimum atomic E-state index is -0.551. The van der Waals surface area contributed by atoms with E-state index in [4.69, 9.17) is 19.3 Å². The first-order valence-corrected chi connectivity index (χ1v) is 14.1. The average molecular weight is 545 g/mol. The number of morpholine rings is 1. The van der Waals surface area contributed by atoms with E-state index in [0.29, 0.717) is 39.5 Å². The summed E-state index contributed by atoms with van der Waals surface area (Å²) in [6, 6.07) is 20.2. The number of hydrogen-bond donors (Lipinski definition) is 2. The van der Waals surface area contributed by atoms with Crippen molar-refractivity contribution in [3.05, 3.63) is 71.8 Å². The lowest BCUT2D eigenvalue weighted by Crippen LogP contribution is -2.52. The van der Waals surface area contributed by atoms with Crippen molar-refractivity contribution < 1.29 is 24.4 Å². The highest BCUT2D eigenvalue weighted by Crippen LogP contribution is 2.18. The van der Waals surface area contributed by atoms with Crippen molar-refractivity contribution >= 4 is 0 Å². The van der Waals surface area contributed by atoms with Gasteiger partial charge in [0.2, 0.25) is 0 Å². The van der Waals surface area contributed by atoms with E-state index < -0.39 is 6.10 Å². The molecule has 7 heteroatoms. The lowest BCUT2D eigenvalue weighted by Gasteiger charge is -2.41. The summed E-state index contributed by atoms with van der Waals surface area (Å²) in [5.41, 5.74) is 2.44. The Hall–Kier alpha value is -1.84. The third-order valence-corrected chi connectivity index (χ3v) is 6.67. The quantitative estimate of drug-likeness (QED) is 0.411. The minimum Gasteiger partial charge on any atom is -0.395 e. The highest BCUT2D eigenvalue weighted by Gasteiger charge is 2.28. The van der Waals surface area contributed by atoms with E-state index in [9.17, 15) is 5.11 Å². The van der Waals surface area contributed by atoms with Gasteiger partial charge in [0.05, 0.1) is 51.8 Å². The summed E-state index contributed by atoms with van der Waals surface area (Å²) in [6.07, 6.45) is -0.360. The number of hydrogen-bond acceptors (Lipinski definition) is 7. The molecule has 1 aliphatic heterocycles. The smallest absolute Gasteiger partial charge is 0.0935 e. The van der Waals surface area contributed by atoms with E-state index in [2.05, 4.69) is 63.5 Å². The molecule has 0 saturated carbocycles. The van der Waals surface area contributed by atoms with Crippen LogP contribution in [0.15, 0.2) is 60.7 Å². The fourth-order valence-electron chi connectivity index (χ4n) is 4.33. The zero-order valence-electron chi connectivity index (χ0n) is 25.0. The predicted molar refractivity (Wildman–Crippen MR) is 158 cm³/mol. The van der Waals surface area contributed by atoms with Crippen LogP contribution >= 0.6 is 0 Å². The molecule has 0 aliphatic carbocycles. The van der Waals surface area contributed by atoms with Gasteiger partial charge in [0, 0.05) is 37.3 Å². The van der Waals surface area contributed by atoms with Crippen LogP contribution in [0.2, 0.25) is 0 Å². The monoisotopic (exact) mass is 544 g/mol. The molecular formula is C32H52N2O5. The zero-order valence-corrected chi connectivity index (χ0v) is 25.0. The van der Waals surface area contributed by atoms with Gasteiger partial charge in [0.25, 0.3) is 0 Å². The van der Waals surface area contributed by atoms with Crippen LogP contribution in [-0.4, -0.2) is 95.9 Å². The van der Waals surface area contributed by atoms with E-state index in [1.54, 1.807) is 0 Å². The average Bonchev–Trinajstić information content (AvgIpc) is 2.89. The number of rotatable bonds is 12. The van der Waals surface area contributed by atoms with Crippen LogP contribution in [0, 0.1) is 0 Å². The van der Waals surface area contributed by atoms with Gasteiger partial charge in [-0.1, -0.05) is 60.7 Å². The molecule has 0 radical (unpaired) electrons. The Morgan fingerprint density at radius 3 is 2.00 bits per heavy atom. The van der Waals surface area contributed by atoms with Gasteiger partial charge in [0.15, 0.2) is 0 Å². The fourth-order valence-corrected chi connectivity index (χ4v) is 4.33. The Balaban J connectivity index is 0.000000274. The van der Waals surface area contributed by atoms with Crippen molar-refractivity contribution in [2.24, 2.45) is 0 Å². The standard InChI is InChI=1S/C16H27NO3.C16H25NO2/c1-16(2,3)17(9-10-18)11-15(19)13-20-12-14-7-5-4-6-8-14;1-16(2,3)17-9-10-19-15(11-17)13-18-12-14-7-5-4-6-8-14/h4-8,15,18-19H,9-13H2,1-3H3;4-8,15H,9-13H2,1-3H3. The van der Waals surface area contributed by atoms with Crippen LogP contribution in [0.3, 0.4) is 0 Å². The molecule has 1 fully saturated rings. The first-order valence-electron chi connectivity index (χ1n) is 14.1. The molecule has 2 N–H and O–H groups in total. The summed E-state index contributed by atoms with van der Waals surface area (Å²) in [4.78, 5) is 4.52. The van der Waals surface area contributed by atoms with Crippen molar-refractivity contribution in [1.82, 2.24) is 9.80 Å². The topological polar surface area (TPSA) is 74.6 Å². The number of benzene rings is 2. The van der Waals surface area contributed by atoms with Crippen molar-refractivity contribution in [2.75, 3.05) is 52.6 Å². The molecule has 39 heavy (non-hydrogen) atoms. The predicted octanol–water partition coefficient (Wildman–Crippen LogP) is 4.36. The van der Waals surface area contributed by atoms with Crippen LogP contribution in [0.1, 0.15) is 52.7 Å². The van der Waals surface area contributed by atoms with E-state index in [1.165, 1.54) is 5.56 Å². The maximum absolute atomic E-state index is 10.0. The third-order valence-electron chi connectivity index (χ3n) is 6.67. The van der Waals surface area contributed by atoms with Crippen LogP contribution in [0.25, 0.3) is 0 Å². The molecule has 0 aromatic heterocycles. The van der Waals surface area contributed by atoms with Crippen LogP contribution < -0.4 is 0 Å². The molecule has 2 aromatic carbocycles.